The highest BCUT2D eigenvalue weighted by molar-refractivity contribution is 7.21. The van der Waals surface area contributed by atoms with Crippen molar-refractivity contribution in [2.75, 3.05) is 11.1 Å². The number of aromatic nitrogens is 2. The maximum Gasteiger partial charge on any atom is 0.269 e. The number of nitrogens with zero attached hydrogens (tertiary/aromatic N) is 2. The molecule has 152 valence electrons. The number of hydrogen-bond donors (Lipinski definition) is 2. The Kier molecular flexibility index (Phi) is 5.15. The minimum Gasteiger partial charge on any atom is -0.397 e. The number of anilines is 2. The number of pyridine rings is 1. The first-order valence-corrected chi connectivity index (χ1v) is 11.4. The minimum absolute atomic E-state index is 0.289. The van der Waals surface area contributed by atoms with Gasteiger partial charge >= 0.3 is 0 Å². The predicted octanol–water partition coefficient (Wildman–Crippen LogP) is 6.57. The van der Waals surface area contributed by atoms with E-state index in [1.807, 2.05) is 72.1 Å². The van der Waals surface area contributed by atoms with E-state index in [1.54, 1.807) is 0 Å². The molecule has 0 unspecified atom stereocenters. The number of nitrogens with one attached hydrogen (secondary N) is 1. The molecule has 2 aromatic carbocycles. The molecule has 3 aromatic heterocycles. The zero-order chi connectivity index (χ0) is 21.4. The Labute approximate surface area is 191 Å². The van der Waals surface area contributed by atoms with Crippen LogP contribution in [0.4, 0.5) is 10.8 Å². The fourth-order valence-electron chi connectivity index (χ4n) is 3.17. The monoisotopic (exact) mass is 462 g/mol. The van der Waals surface area contributed by atoms with Crippen LogP contribution in [0.15, 0.2) is 72.1 Å². The summed E-state index contributed by atoms with van der Waals surface area (Å²) in [6.45, 7) is 0. The molecule has 3 N–H and O–H groups in total. The van der Waals surface area contributed by atoms with Crippen LogP contribution in [-0.4, -0.2) is 15.9 Å². The Hall–Kier alpha value is -3.26. The van der Waals surface area contributed by atoms with E-state index in [1.165, 1.54) is 22.7 Å². The summed E-state index contributed by atoms with van der Waals surface area (Å²) >= 11 is 8.62. The zero-order valence-corrected chi connectivity index (χ0v) is 18.4. The van der Waals surface area contributed by atoms with Gasteiger partial charge in [0.2, 0.25) is 0 Å². The molecule has 0 saturated heterocycles. The minimum atomic E-state index is -0.289. The summed E-state index contributed by atoms with van der Waals surface area (Å²) in [6.07, 6.45) is 0. The summed E-state index contributed by atoms with van der Waals surface area (Å²) in [4.78, 5) is 23.2. The van der Waals surface area contributed by atoms with Crippen LogP contribution in [0.3, 0.4) is 0 Å². The average molecular weight is 463 g/mol. The van der Waals surface area contributed by atoms with E-state index in [4.69, 9.17) is 22.3 Å². The molecule has 1 amide bonds. The molecule has 5 nitrogen and oxygen atoms in total. The second-order valence-corrected chi connectivity index (χ2v) is 9.05. The van der Waals surface area contributed by atoms with E-state index in [0.717, 1.165) is 27.9 Å². The summed E-state index contributed by atoms with van der Waals surface area (Å²) in [6, 6.07) is 21.1. The van der Waals surface area contributed by atoms with Crippen LogP contribution < -0.4 is 11.1 Å². The van der Waals surface area contributed by atoms with Crippen molar-refractivity contribution in [1.29, 1.82) is 0 Å². The van der Waals surface area contributed by atoms with Gasteiger partial charge in [0.05, 0.1) is 17.1 Å². The van der Waals surface area contributed by atoms with Crippen LogP contribution in [0.5, 0.6) is 0 Å². The molecule has 3 heterocycles. The first-order valence-electron chi connectivity index (χ1n) is 9.36. The van der Waals surface area contributed by atoms with Gasteiger partial charge in [-0.2, -0.15) is 0 Å². The van der Waals surface area contributed by atoms with Gasteiger partial charge < -0.3 is 5.73 Å². The van der Waals surface area contributed by atoms with Crippen LogP contribution in [0, 0.1) is 0 Å². The predicted molar refractivity (Wildman–Crippen MR) is 130 cm³/mol. The molecule has 0 saturated carbocycles. The summed E-state index contributed by atoms with van der Waals surface area (Å²) in [5.41, 5.74) is 10.3. The van der Waals surface area contributed by atoms with Crippen LogP contribution in [0.2, 0.25) is 5.02 Å². The number of carbonyl (C=O) groups excluding carboxylic acids is 1. The van der Waals surface area contributed by atoms with Gasteiger partial charge in [0.15, 0.2) is 5.13 Å². The molecule has 8 heteroatoms. The molecule has 0 fully saturated rings. The first-order chi connectivity index (χ1) is 15.1. The van der Waals surface area contributed by atoms with Crippen LogP contribution in [0.1, 0.15) is 9.67 Å². The molecule has 0 bridgehead atoms. The normalized spacial score (nSPS) is 11.0. The fourth-order valence-corrected chi connectivity index (χ4v) is 5.00. The largest absolute Gasteiger partial charge is 0.397 e. The molecule has 0 atom stereocenters. The highest BCUT2D eigenvalue weighted by atomic mass is 35.5. The van der Waals surface area contributed by atoms with E-state index in [2.05, 4.69) is 10.3 Å². The van der Waals surface area contributed by atoms with Gasteiger partial charge in [-0.25, -0.2) is 9.97 Å². The van der Waals surface area contributed by atoms with E-state index < -0.39 is 0 Å². The van der Waals surface area contributed by atoms with Crippen molar-refractivity contribution in [3.8, 4) is 22.5 Å². The summed E-state index contributed by atoms with van der Waals surface area (Å²) in [7, 11) is 0. The second-order valence-electron chi connectivity index (χ2n) is 6.76. The van der Waals surface area contributed by atoms with Gasteiger partial charge in [-0.3, -0.25) is 10.1 Å². The molecule has 0 spiro atoms. The number of thiazole rings is 1. The van der Waals surface area contributed by atoms with E-state index in [-0.39, 0.29) is 5.91 Å². The van der Waals surface area contributed by atoms with Crippen LogP contribution >= 0.6 is 34.3 Å². The van der Waals surface area contributed by atoms with Gasteiger partial charge in [0, 0.05) is 26.9 Å². The Morgan fingerprint density at radius 3 is 2.42 bits per heavy atom. The number of carbonyl (C=O) groups is 1. The lowest BCUT2D eigenvalue weighted by Crippen LogP contribution is -2.11. The zero-order valence-electron chi connectivity index (χ0n) is 16.0. The smallest absolute Gasteiger partial charge is 0.269 e. The lowest BCUT2D eigenvalue weighted by Gasteiger charge is -2.01. The van der Waals surface area contributed by atoms with E-state index in [0.29, 0.717) is 25.5 Å². The third kappa shape index (κ3) is 3.90. The number of halogens is 1. The van der Waals surface area contributed by atoms with Crippen molar-refractivity contribution in [3.63, 3.8) is 0 Å². The topological polar surface area (TPSA) is 80.9 Å². The Morgan fingerprint density at radius 1 is 0.903 bits per heavy atom. The van der Waals surface area contributed by atoms with Crippen molar-refractivity contribution in [1.82, 2.24) is 9.97 Å². The van der Waals surface area contributed by atoms with E-state index in [9.17, 15) is 4.79 Å². The van der Waals surface area contributed by atoms with Gasteiger partial charge in [0.1, 0.15) is 9.71 Å². The number of benzene rings is 2. The summed E-state index contributed by atoms with van der Waals surface area (Å²) < 4.78 is 0. The third-order valence-corrected chi connectivity index (χ3v) is 6.86. The molecular weight excluding hydrogens is 448 g/mol. The Morgan fingerprint density at radius 2 is 1.65 bits per heavy atom. The van der Waals surface area contributed by atoms with Gasteiger partial charge in [-0.1, -0.05) is 54.1 Å². The van der Waals surface area contributed by atoms with Crippen molar-refractivity contribution in [2.45, 2.75) is 0 Å². The number of nitrogens with two attached hydrogens (primary N) is 1. The van der Waals surface area contributed by atoms with Gasteiger partial charge in [-0.15, -0.1) is 22.7 Å². The van der Waals surface area contributed by atoms with Crippen molar-refractivity contribution in [2.24, 2.45) is 0 Å². The maximum absolute atomic E-state index is 12.9. The first kappa shape index (κ1) is 19.7. The maximum atomic E-state index is 12.9. The lowest BCUT2D eigenvalue weighted by molar-refractivity contribution is 0.103. The quantitative estimate of drug-likeness (QED) is 0.316. The molecule has 0 aliphatic carbocycles. The molecule has 0 aliphatic heterocycles. The van der Waals surface area contributed by atoms with Crippen molar-refractivity contribution >= 4 is 61.2 Å². The lowest BCUT2D eigenvalue weighted by atomic mass is 10.1. The molecule has 0 radical (unpaired) electrons. The molecule has 0 aliphatic rings. The fraction of sp³-hybridized carbons (Fsp3) is 0. The third-order valence-electron chi connectivity index (χ3n) is 4.73. The van der Waals surface area contributed by atoms with Crippen LogP contribution in [-0.2, 0) is 0 Å². The number of fused-ring (bicyclic) bond motifs is 1. The number of nitrogen functional groups attached to an aromatic ring is 1. The highest BCUT2D eigenvalue weighted by Gasteiger charge is 2.19. The van der Waals surface area contributed by atoms with Crippen molar-refractivity contribution < 1.29 is 4.79 Å². The summed E-state index contributed by atoms with van der Waals surface area (Å²) in [5, 5.41) is 6.73. The Bertz CT molecular complexity index is 1390. The standard InChI is InChI=1S/C23H15ClN4OS2/c24-15-8-6-14(7-9-15)17-11-10-16-19(25)20(31-22(16)26-17)21(29)28-23-27-18(12-30-23)13-4-2-1-3-5-13/h1-12H,25H2,(H,27,28,29). The van der Waals surface area contributed by atoms with Gasteiger partial charge in [0.25, 0.3) is 5.91 Å². The molecule has 31 heavy (non-hydrogen) atoms. The van der Waals surface area contributed by atoms with Crippen LogP contribution in [0.25, 0.3) is 32.7 Å². The highest BCUT2D eigenvalue weighted by Crippen LogP contribution is 2.35. The second kappa shape index (κ2) is 8.11. The Balaban J connectivity index is 1.42. The number of thiophene rings is 1. The molecule has 5 rings (SSSR count). The SMILES string of the molecule is Nc1c(C(=O)Nc2nc(-c3ccccc3)cs2)sc2nc(-c3ccc(Cl)cc3)ccc12. The van der Waals surface area contributed by atoms with Gasteiger partial charge in [-0.05, 0) is 24.3 Å². The van der Waals surface area contributed by atoms with Crippen molar-refractivity contribution in [3.05, 3.63) is 82.0 Å². The molecule has 5 aromatic rings. The average Bonchev–Trinajstić information content (AvgIpc) is 3.39. The molecular formula is C23H15ClN4OS2. The number of rotatable bonds is 4. The summed E-state index contributed by atoms with van der Waals surface area (Å²) in [5.74, 6) is -0.289. The number of amides is 1. The number of hydrogen-bond acceptors (Lipinski definition) is 6. The van der Waals surface area contributed by atoms with E-state index >= 15 is 0 Å².